The number of nitrogens with one attached hydrogen (secondary N) is 2. The van der Waals surface area contributed by atoms with Crippen LogP contribution in [0.3, 0.4) is 0 Å². The smallest absolute Gasteiger partial charge is 0.213 e. The molecule has 0 radical (unpaired) electrons. The predicted molar refractivity (Wildman–Crippen MR) is 111 cm³/mol. The minimum absolute atomic E-state index is 0. The number of aliphatic imine (C=N–C) groups is 1. The van der Waals surface area contributed by atoms with Crippen LogP contribution in [0.5, 0.6) is 11.6 Å². The van der Waals surface area contributed by atoms with Crippen LogP contribution in [0.4, 0.5) is 0 Å². The van der Waals surface area contributed by atoms with Gasteiger partial charge in [-0.25, -0.2) is 4.98 Å². The van der Waals surface area contributed by atoms with Crippen molar-refractivity contribution in [2.75, 3.05) is 27.3 Å². The van der Waals surface area contributed by atoms with E-state index in [1.165, 1.54) is 5.56 Å². The molecule has 2 aromatic rings. The Morgan fingerprint density at radius 3 is 2.60 bits per heavy atom. The molecule has 0 aliphatic rings. The summed E-state index contributed by atoms with van der Waals surface area (Å²) in [6, 6.07) is 11.8. The SMILES string of the molecule is CN=C(NCCOc1ccc(C)cc1)NCc1ccnc(OC)c1.I. The van der Waals surface area contributed by atoms with Crippen molar-refractivity contribution in [2.24, 2.45) is 4.99 Å². The lowest BCUT2D eigenvalue weighted by Crippen LogP contribution is -2.38. The summed E-state index contributed by atoms with van der Waals surface area (Å²) in [6.07, 6.45) is 1.72. The lowest BCUT2D eigenvalue weighted by Gasteiger charge is -2.13. The molecule has 0 fully saturated rings. The first kappa shape index (κ1) is 21.0. The zero-order chi connectivity index (χ0) is 17.2. The number of benzene rings is 1. The van der Waals surface area contributed by atoms with Gasteiger partial charge < -0.3 is 20.1 Å². The van der Waals surface area contributed by atoms with Gasteiger partial charge in [0.25, 0.3) is 0 Å². The van der Waals surface area contributed by atoms with E-state index in [1.54, 1.807) is 20.4 Å². The van der Waals surface area contributed by atoms with E-state index in [2.05, 4.69) is 27.5 Å². The Balaban J connectivity index is 0.00000312. The number of aromatic nitrogens is 1. The van der Waals surface area contributed by atoms with Gasteiger partial charge in [-0.1, -0.05) is 17.7 Å². The van der Waals surface area contributed by atoms with Crippen molar-refractivity contribution >= 4 is 29.9 Å². The molecule has 0 saturated carbocycles. The molecular weight excluding hydrogens is 431 g/mol. The topological polar surface area (TPSA) is 67.8 Å². The molecule has 0 aliphatic heterocycles. The highest BCUT2D eigenvalue weighted by Gasteiger charge is 2.00. The summed E-state index contributed by atoms with van der Waals surface area (Å²) >= 11 is 0. The van der Waals surface area contributed by atoms with Gasteiger partial charge in [0.15, 0.2) is 5.96 Å². The van der Waals surface area contributed by atoms with Gasteiger partial charge in [-0.05, 0) is 30.7 Å². The van der Waals surface area contributed by atoms with E-state index in [1.807, 2.05) is 36.4 Å². The van der Waals surface area contributed by atoms with Crippen LogP contribution in [0.2, 0.25) is 0 Å². The van der Waals surface area contributed by atoms with E-state index in [9.17, 15) is 0 Å². The normalized spacial score (nSPS) is 10.6. The van der Waals surface area contributed by atoms with Gasteiger partial charge in [-0.15, -0.1) is 24.0 Å². The van der Waals surface area contributed by atoms with Crippen molar-refractivity contribution in [1.82, 2.24) is 15.6 Å². The quantitative estimate of drug-likeness (QED) is 0.290. The lowest BCUT2D eigenvalue weighted by atomic mass is 10.2. The summed E-state index contributed by atoms with van der Waals surface area (Å²) in [5.74, 6) is 2.19. The van der Waals surface area contributed by atoms with E-state index >= 15 is 0 Å². The molecule has 7 heteroatoms. The zero-order valence-electron chi connectivity index (χ0n) is 14.8. The summed E-state index contributed by atoms with van der Waals surface area (Å²) in [5, 5.41) is 6.46. The van der Waals surface area contributed by atoms with Crippen molar-refractivity contribution in [3.8, 4) is 11.6 Å². The number of pyridine rings is 1. The maximum absolute atomic E-state index is 5.68. The highest BCUT2D eigenvalue weighted by atomic mass is 127. The van der Waals surface area contributed by atoms with E-state index in [0.29, 0.717) is 25.6 Å². The van der Waals surface area contributed by atoms with Crippen molar-refractivity contribution < 1.29 is 9.47 Å². The highest BCUT2D eigenvalue weighted by Crippen LogP contribution is 2.10. The van der Waals surface area contributed by atoms with Gasteiger partial charge in [-0.2, -0.15) is 0 Å². The number of hydrogen-bond acceptors (Lipinski definition) is 4. The molecule has 0 atom stereocenters. The number of nitrogens with zero attached hydrogens (tertiary/aromatic N) is 2. The van der Waals surface area contributed by atoms with E-state index < -0.39 is 0 Å². The van der Waals surface area contributed by atoms with Crippen molar-refractivity contribution in [3.63, 3.8) is 0 Å². The van der Waals surface area contributed by atoms with Crippen LogP contribution in [0.15, 0.2) is 47.6 Å². The van der Waals surface area contributed by atoms with Crippen LogP contribution in [0.1, 0.15) is 11.1 Å². The van der Waals surface area contributed by atoms with Gasteiger partial charge in [0.2, 0.25) is 5.88 Å². The fourth-order valence-corrected chi connectivity index (χ4v) is 2.05. The Bertz CT molecular complexity index is 662. The van der Waals surface area contributed by atoms with Crippen LogP contribution in [0, 0.1) is 6.92 Å². The summed E-state index contributed by atoms with van der Waals surface area (Å²) < 4.78 is 10.8. The number of halogens is 1. The average Bonchev–Trinajstić information content (AvgIpc) is 2.63. The van der Waals surface area contributed by atoms with Crippen LogP contribution in [-0.4, -0.2) is 38.3 Å². The Labute approximate surface area is 166 Å². The van der Waals surface area contributed by atoms with Gasteiger partial charge in [0.05, 0.1) is 13.7 Å². The number of rotatable bonds is 7. The third kappa shape index (κ3) is 7.59. The molecule has 1 aromatic heterocycles. The number of guanidine groups is 1. The van der Waals surface area contributed by atoms with Gasteiger partial charge in [0, 0.05) is 25.9 Å². The number of aryl methyl sites for hydroxylation is 1. The molecule has 136 valence electrons. The molecule has 1 heterocycles. The molecule has 25 heavy (non-hydrogen) atoms. The highest BCUT2D eigenvalue weighted by molar-refractivity contribution is 14.0. The Morgan fingerprint density at radius 2 is 1.92 bits per heavy atom. The zero-order valence-corrected chi connectivity index (χ0v) is 17.1. The minimum atomic E-state index is 0. The molecule has 2 rings (SSSR count). The first-order valence-electron chi connectivity index (χ1n) is 7.84. The maximum atomic E-state index is 5.68. The molecule has 1 aromatic carbocycles. The Morgan fingerprint density at radius 1 is 1.16 bits per heavy atom. The third-order valence-electron chi connectivity index (χ3n) is 3.38. The molecule has 2 N–H and O–H groups in total. The third-order valence-corrected chi connectivity index (χ3v) is 3.38. The van der Waals surface area contributed by atoms with Crippen molar-refractivity contribution in [1.29, 1.82) is 0 Å². The Kier molecular flexibility index (Phi) is 9.68. The second kappa shape index (κ2) is 11.5. The molecule has 0 aliphatic carbocycles. The fraction of sp³-hybridized carbons (Fsp3) is 0.333. The first-order valence-corrected chi connectivity index (χ1v) is 7.84. The standard InChI is InChI=1S/C18H24N4O2.HI/c1-14-4-6-16(7-5-14)24-11-10-21-18(19-2)22-13-15-8-9-20-17(12-15)23-3;/h4-9,12H,10-11,13H2,1-3H3,(H2,19,21,22);1H. The maximum Gasteiger partial charge on any atom is 0.213 e. The van der Waals surface area contributed by atoms with Crippen LogP contribution in [-0.2, 0) is 6.54 Å². The minimum Gasteiger partial charge on any atom is -0.492 e. The van der Waals surface area contributed by atoms with Gasteiger partial charge in [-0.3, -0.25) is 4.99 Å². The molecule has 0 amide bonds. The van der Waals surface area contributed by atoms with Crippen LogP contribution < -0.4 is 20.1 Å². The number of methoxy groups -OCH3 is 1. The second-order valence-corrected chi connectivity index (χ2v) is 5.22. The predicted octanol–water partition coefficient (Wildman–Crippen LogP) is 2.76. The first-order chi connectivity index (χ1) is 11.7. The van der Waals surface area contributed by atoms with Crippen molar-refractivity contribution in [3.05, 3.63) is 53.7 Å². The fourth-order valence-electron chi connectivity index (χ4n) is 2.05. The summed E-state index contributed by atoms with van der Waals surface area (Å²) in [5.41, 5.74) is 2.29. The average molecular weight is 456 g/mol. The molecule has 0 spiro atoms. The summed E-state index contributed by atoms with van der Waals surface area (Å²) in [7, 11) is 3.34. The monoisotopic (exact) mass is 456 g/mol. The lowest BCUT2D eigenvalue weighted by molar-refractivity contribution is 0.322. The van der Waals surface area contributed by atoms with Crippen LogP contribution in [0.25, 0.3) is 0 Å². The van der Waals surface area contributed by atoms with E-state index in [4.69, 9.17) is 9.47 Å². The van der Waals surface area contributed by atoms with Crippen molar-refractivity contribution in [2.45, 2.75) is 13.5 Å². The molecule has 0 bridgehead atoms. The molecule has 6 nitrogen and oxygen atoms in total. The van der Waals surface area contributed by atoms with Gasteiger partial charge >= 0.3 is 0 Å². The van der Waals surface area contributed by atoms with E-state index in [0.717, 1.165) is 17.3 Å². The largest absolute Gasteiger partial charge is 0.492 e. The molecule has 0 unspecified atom stereocenters. The summed E-state index contributed by atoms with van der Waals surface area (Å²) in [6.45, 7) is 3.91. The number of hydrogen-bond donors (Lipinski definition) is 2. The summed E-state index contributed by atoms with van der Waals surface area (Å²) in [4.78, 5) is 8.28. The van der Waals surface area contributed by atoms with E-state index in [-0.39, 0.29) is 24.0 Å². The number of ether oxygens (including phenoxy) is 2. The Hall–Kier alpha value is -2.03. The van der Waals surface area contributed by atoms with Gasteiger partial charge in [0.1, 0.15) is 12.4 Å². The molecule has 0 saturated heterocycles. The second-order valence-electron chi connectivity index (χ2n) is 5.22. The van der Waals surface area contributed by atoms with Crippen LogP contribution >= 0.6 is 24.0 Å². The molecular formula is C18H25IN4O2.